The van der Waals surface area contributed by atoms with Crippen LogP contribution in [0.25, 0.3) is 77.2 Å². The van der Waals surface area contributed by atoms with Gasteiger partial charge in [0.2, 0.25) is 0 Å². The minimum atomic E-state index is 0.570. The number of nitrogens with zero attached hydrogens (tertiary/aromatic N) is 4. The van der Waals surface area contributed by atoms with Crippen molar-refractivity contribution in [3.8, 4) is 45.8 Å². The van der Waals surface area contributed by atoms with Gasteiger partial charge in [0.05, 0.1) is 45.0 Å². The first-order valence-corrected chi connectivity index (χ1v) is 15.9. The van der Waals surface area contributed by atoms with Gasteiger partial charge in [-0.1, -0.05) is 109 Å². The second-order valence-electron chi connectivity index (χ2n) is 12.0. The topological polar surface area (TPSA) is 57.4 Å². The van der Waals surface area contributed by atoms with Crippen LogP contribution in [0.15, 0.2) is 158 Å². The van der Waals surface area contributed by atoms with Crippen molar-refractivity contribution in [3.63, 3.8) is 0 Å². The van der Waals surface area contributed by atoms with E-state index in [-0.39, 0.29) is 0 Å². The maximum Gasteiger partial charge on any atom is 0.101 e. The van der Waals surface area contributed by atoms with Crippen LogP contribution in [0.1, 0.15) is 11.1 Å². The van der Waals surface area contributed by atoms with Crippen LogP contribution in [0.4, 0.5) is 0 Å². The zero-order chi connectivity index (χ0) is 32.2. The number of para-hydroxylation sites is 4. The van der Waals surface area contributed by atoms with Gasteiger partial charge in [-0.2, -0.15) is 10.5 Å². The summed E-state index contributed by atoms with van der Waals surface area (Å²) in [5, 5.41) is 24.7. The van der Waals surface area contributed by atoms with Gasteiger partial charge in [-0.3, -0.25) is 0 Å². The van der Waals surface area contributed by atoms with E-state index in [0.717, 1.165) is 55.4 Å². The molecule has 0 bridgehead atoms. The first-order chi connectivity index (χ1) is 23.7. The first-order valence-electron chi connectivity index (χ1n) is 15.9. The van der Waals surface area contributed by atoms with E-state index in [0.29, 0.717) is 11.1 Å². The fourth-order valence-electron chi connectivity index (χ4n) is 7.33. The van der Waals surface area contributed by atoms with Gasteiger partial charge in [-0.15, -0.1) is 0 Å². The highest BCUT2D eigenvalue weighted by Crippen LogP contribution is 2.39. The zero-order valence-corrected chi connectivity index (χ0v) is 25.8. The van der Waals surface area contributed by atoms with Crippen LogP contribution in [0.3, 0.4) is 0 Å². The van der Waals surface area contributed by atoms with E-state index in [1.165, 1.54) is 21.8 Å². The summed E-state index contributed by atoms with van der Waals surface area (Å²) in [6, 6.07) is 59.0. The third kappa shape index (κ3) is 4.07. The summed E-state index contributed by atoms with van der Waals surface area (Å²) >= 11 is 0. The number of hydrogen-bond acceptors (Lipinski definition) is 2. The number of rotatable bonds is 4. The van der Waals surface area contributed by atoms with E-state index in [4.69, 9.17) is 0 Å². The Balaban J connectivity index is 1.18. The molecule has 2 aromatic heterocycles. The Hall–Kier alpha value is -6.88. The summed E-state index contributed by atoms with van der Waals surface area (Å²) < 4.78 is 4.48. The lowest BCUT2D eigenvalue weighted by Gasteiger charge is -2.16. The molecule has 0 fully saturated rings. The average Bonchev–Trinajstić information content (AvgIpc) is 3.68. The molecule has 0 aliphatic rings. The Labute approximate surface area is 277 Å². The Morgan fingerprint density at radius 1 is 0.396 bits per heavy atom. The number of benzene rings is 7. The fourth-order valence-corrected chi connectivity index (χ4v) is 7.33. The first kappa shape index (κ1) is 27.4. The Bertz CT molecular complexity index is 2750. The highest BCUT2D eigenvalue weighted by Gasteiger charge is 2.20. The summed E-state index contributed by atoms with van der Waals surface area (Å²) in [4.78, 5) is 0. The van der Waals surface area contributed by atoms with Crippen molar-refractivity contribution in [3.05, 3.63) is 169 Å². The van der Waals surface area contributed by atoms with Crippen LogP contribution in [-0.4, -0.2) is 9.13 Å². The second-order valence-corrected chi connectivity index (χ2v) is 12.0. The zero-order valence-electron chi connectivity index (χ0n) is 25.8. The summed E-state index contributed by atoms with van der Waals surface area (Å²) in [5.74, 6) is 0. The Morgan fingerprint density at radius 2 is 0.938 bits per heavy atom. The Kier molecular flexibility index (Phi) is 6.22. The molecule has 0 radical (unpaired) electrons. The molecule has 9 rings (SSSR count). The predicted molar refractivity (Wildman–Crippen MR) is 195 cm³/mol. The van der Waals surface area contributed by atoms with Crippen LogP contribution in [0, 0.1) is 22.7 Å². The molecular formula is C44H26N4. The molecule has 0 aliphatic carbocycles. The van der Waals surface area contributed by atoms with E-state index in [1.54, 1.807) is 0 Å². The standard InChI is InChI=1S/C44H26N4/c45-27-32-11-9-21-42-43(32)38-16-3-6-20-41(38)48(42)44-33(28-46)12-8-17-35(44)30-24-22-29(23-25-30)31-10-7-13-34(26-31)47-39-18-4-1-14-36(39)37-15-2-5-19-40(37)47/h1-26H. The van der Waals surface area contributed by atoms with Crippen LogP contribution in [0.5, 0.6) is 0 Å². The summed E-state index contributed by atoms with van der Waals surface area (Å²) in [5.41, 5.74) is 11.5. The summed E-state index contributed by atoms with van der Waals surface area (Å²) in [6.07, 6.45) is 0. The third-order valence-corrected chi connectivity index (χ3v) is 9.41. The molecule has 7 aromatic carbocycles. The molecule has 4 heteroatoms. The van der Waals surface area contributed by atoms with Gasteiger partial charge in [0.25, 0.3) is 0 Å². The highest BCUT2D eigenvalue weighted by atomic mass is 15.0. The smallest absolute Gasteiger partial charge is 0.101 e. The molecule has 0 saturated carbocycles. The highest BCUT2D eigenvalue weighted by molar-refractivity contribution is 6.12. The average molecular weight is 611 g/mol. The lowest BCUT2D eigenvalue weighted by atomic mass is 9.97. The van der Waals surface area contributed by atoms with E-state index in [1.807, 2.05) is 48.5 Å². The van der Waals surface area contributed by atoms with Gasteiger partial charge in [-0.25, -0.2) is 0 Å². The number of hydrogen-bond donors (Lipinski definition) is 0. The molecule has 2 heterocycles. The van der Waals surface area contributed by atoms with E-state index >= 15 is 0 Å². The SMILES string of the molecule is N#Cc1cccc(-c2ccc(-c3cccc(-n4c5ccccc5c5ccccc54)c3)cc2)c1-n1c2ccccc2c2c(C#N)cccc21. The molecule has 4 nitrogen and oxygen atoms in total. The van der Waals surface area contributed by atoms with Gasteiger partial charge in [-0.05, 0) is 65.2 Å². The lowest BCUT2D eigenvalue weighted by molar-refractivity contribution is 1.17. The van der Waals surface area contributed by atoms with Crippen molar-refractivity contribution >= 4 is 43.6 Å². The van der Waals surface area contributed by atoms with E-state index < -0.39 is 0 Å². The number of nitriles is 2. The van der Waals surface area contributed by atoms with Crippen LogP contribution in [-0.2, 0) is 0 Å². The molecule has 0 saturated heterocycles. The maximum absolute atomic E-state index is 10.3. The van der Waals surface area contributed by atoms with E-state index in [9.17, 15) is 10.5 Å². The molecule has 0 atom stereocenters. The number of fused-ring (bicyclic) bond motifs is 6. The van der Waals surface area contributed by atoms with Gasteiger partial charge in [0, 0.05) is 32.8 Å². The van der Waals surface area contributed by atoms with Crippen molar-refractivity contribution in [2.45, 2.75) is 0 Å². The third-order valence-electron chi connectivity index (χ3n) is 9.41. The van der Waals surface area contributed by atoms with Crippen molar-refractivity contribution in [2.75, 3.05) is 0 Å². The maximum atomic E-state index is 10.3. The monoisotopic (exact) mass is 610 g/mol. The minimum Gasteiger partial charge on any atom is -0.309 e. The molecule has 0 N–H and O–H groups in total. The molecule has 0 amide bonds. The van der Waals surface area contributed by atoms with Gasteiger partial charge < -0.3 is 9.13 Å². The van der Waals surface area contributed by atoms with Crippen molar-refractivity contribution in [2.24, 2.45) is 0 Å². The predicted octanol–water partition coefficient (Wildman–Crippen LogP) is 11.0. The van der Waals surface area contributed by atoms with E-state index in [2.05, 4.69) is 130 Å². The number of aromatic nitrogens is 2. The molecular weight excluding hydrogens is 585 g/mol. The lowest BCUT2D eigenvalue weighted by Crippen LogP contribution is -2.01. The fraction of sp³-hybridized carbons (Fsp3) is 0. The van der Waals surface area contributed by atoms with Crippen molar-refractivity contribution in [1.82, 2.24) is 9.13 Å². The van der Waals surface area contributed by atoms with Crippen LogP contribution < -0.4 is 0 Å². The van der Waals surface area contributed by atoms with Gasteiger partial charge in [0.15, 0.2) is 0 Å². The summed E-state index contributed by atoms with van der Waals surface area (Å²) in [7, 11) is 0. The van der Waals surface area contributed by atoms with Crippen LogP contribution >= 0.6 is 0 Å². The normalized spacial score (nSPS) is 11.3. The van der Waals surface area contributed by atoms with Crippen molar-refractivity contribution < 1.29 is 0 Å². The van der Waals surface area contributed by atoms with Crippen LogP contribution in [0.2, 0.25) is 0 Å². The Morgan fingerprint density at radius 3 is 1.62 bits per heavy atom. The van der Waals surface area contributed by atoms with Crippen molar-refractivity contribution in [1.29, 1.82) is 10.5 Å². The molecule has 9 aromatic rings. The molecule has 0 aliphatic heterocycles. The van der Waals surface area contributed by atoms with Gasteiger partial charge in [0.1, 0.15) is 6.07 Å². The minimum absolute atomic E-state index is 0.570. The summed E-state index contributed by atoms with van der Waals surface area (Å²) in [6.45, 7) is 0. The molecule has 0 unspecified atom stereocenters. The van der Waals surface area contributed by atoms with Gasteiger partial charge >= 0.3 is 0 Å². The molecule has 48 heavy (non-hydrogen) atoms. The quantitative estimate of drug-likeness (QED) is 0.199. The molecule has 222 valence electrons. The molecule has 0 spiro atoms. The second kappa shape index (κ2) is 10.9. The largest absolute Gasteiger partial charge is 0.309 e.